The second kappa shape index (κ2) is 7.48. The number of amides is 1. The standard InChI is InChI=1S/C21H22FN3O2/c1-14-13-27-10-8-18(14)24-21(26)17-12-25(19-3-2-9-23-20(17)19)11-15-4-6-16(22)7-5-15/h2-7,9,12,14,18H,8,10-11,13H2,1H3,(H,24,26)/t14-,18?/m0/s1. The molecule has 0 saturated carbocycles. The van der Waals surface area contributed by atoms with Gasteiger partial charge in [-0.25, -0.2) is 4.39 Å². The molecule has 3 aromatic rings. The van der Waals surface area contributed by atoms with Crippen molar-refractivity contribution in [3.05, 3.63) is 65.7 Å². The minimum atomic E-state index is -0.261. The summed E-state index contributed by atoms with van der Waals surface area (Å²) < 4.78 is 20.6. The Balaban J connectivity index is 1.63. The molecule has 4 rings (SSSR count). The molecule has 1 aromatic carbocycles. The largest absolute Gasteiger partial charge is 0.381 e. The Morgan fingerprint density at radius 1 is 1.33 bits per heavy atom. The maximum Gasteiger partial charge on any atom is 0.255 e. The topological polar surface area (TPSA) is 56.1 Å². The molecule has 1 aliphatic heterocycles. The Morgan fingerprint density at radius 3 is 2.93 bits per heavy atom. The van der Waals surface area contributed by atoms with Gasteiger partial charge in [-0.1, -0.05) is 19.1 Å². The van der Waals surface area contributed by atoms with Crippen molar-refractivity contribution in [2.24, 2.45) is 5.92 Å². The number of nitrogens with zero attached hydrogens (tertiary/aromatic N) is 2. The van der Waals surface area contributed by atoms with E-state index < -0.39 is 0 Å². The van der Waals surface area contributed by atoms with E-state index >= 15 is 0 Å². The van der Waals surface area contributed by atoms with Crippen molar-refractivity contribution in [1.29, 1.82) is 0 Å². The number of rotatable bonds is 4. The molecule has 140 valence electrons. The van der Waals surface area contributed by atoms with Crippen LogP contribution >= 0.6 is 0 Å². The number of halogens is 1. The molecule has 0 aliphatic carbocycles. The summed E-state index contributed by atoms with van der Waals surface area (Å²) in [5, 5.41) is 3.14. The Bertz CT molecular complexity index is 952. The predicted octanol–water partition coefficient (Wildman–Crippen LogP) is 3.38. The van der Waals surface area contributed by atoms with Gasteiger partial charge in [-0.2, -0.15) is 0 Å². The first kappa shape index (κ1) is 17.7. The summed E-state index contributed by atoms with van der Waals surface area (Å²) in [6.45, 7) is 3.96. The highest BCUT2D eigenvalue weighted by Crippen LogP contribution is 2.22. The quantitative estimate of drug-likeness (QED) is 0.769. The van der Waals surface area contributed by atoms with Crippen LogP contribution in [0.3, 0.4) is 0 Å². The SMILES string of the molecule is C[C@H]1COCCC1NC(=O)c1cn(Cc2ccc(F)cc2)c2cccnc12. The molecule has 2 atom stereocenters. The molecule has 1 amide bonds. The first-order valence-corrected chi connectivity index (χ1v) is 9.19. The highest BCUT2D eigenvalue weighted by atomic mass is 19.1. The van der Waals surface area contributed by atoms with Gasteiger partial charge in [-0.3, -0.25) is 9.78 Å². The number of fused-ring (bicyclic) bond motifs is 1. The molecular weight excluding hydrogens is 345 g/mol. The maximum atomic E-state index is 13.2. The Kier molecular flexibility index (Phi) is 4.90. The molecule has 0 radical (unpaired) electrons. The number of nitrogens with one attached hydrogen (secondary N) is 1. The number of benzene rings is 1. The third-order valence-electron chi connectivity index (χ3n) is 5.10. The van der Waals surface area contributed by atoms with Gasteiger partial charge in [-0.15, -0.1) is 0 Å². The molecule has 27 heavy (non-hydrogen) atoms. The monoisotopic (exact) mass is 367 g/mol. The highest BCUT2D eigenvalue weighted by Gasteiger charge is 2.25. The number of pyridine rings is 1. The van der Waals surface area contributed by atoms with Gasteiger partial charge in [0.1, 0.15) is 11.3 Å². The summed E-state index contributed by atoms with van der Waals surface area (Å²) in [6, 6.07) is 10.3. The Morgan fingerprint density at radius 2 is 2.15 bits per heavy atom. The summed E-state index contributed by atoms with van der Waals surface area (Å²) in [5.74, 6) is -0.0954. The van der Waals surface area contributed by atoms with Crippen molar-refractivity contribution in [3.63, 3.8) is 0 Å². The van der Waals surface area contributed by atoms with Crippen LogP contribution in [0.4, 0.5) is 4.39 Å². The van der Waals surface area contributed by atoms with Crippen molar-refractivity contribution in [2.45, 2.75) is 25.9 Å². The third-order valence-corrected chi connectivity index (χ3v) is 5.10. The molecule has 5 nitrogen and oxygen atoms in total. The predicted molar refractivity (Wildman–Crippen MR) is 101 cm³/mol. The van der Waals surface area contributed by atoms with Gasteiger partial charge in [-0.05, 0) is 42.2 Å². The molecule has 1 fully saturated rings. The van der Waals surface area contributed by atoms with E-state index in [1.165, 1.54) is 12.1 Å². The van der Waals surface area contributed by atoms with Crippen LogP contribution in [0.2, 0.25) is 0 Å². The van der Waals surface area contributed by atoms with Gasteiger partial charge >= 0.3 is 0 Å². The van der Waals surface area contributed by atoms with E-state index in [9.17, 15) is 9.18 Å². The zero-order valence-electron chi connectivity index (χ0n) is 15.2. The fourth-order valence-electron chi connectivity index (χ4n) is 3.55. The number of ether oxygens (including phenoxy) is 1. The van der Waals surface area contributed by atoms with Crippen molar-refractivity contribution < 1.29 is 13.9 Å². The van der Waals surface area contributed by atoms with E-state index in [1.807, 2.05) is 22.9 Å². The second-order valence-corrected chi connectivity index (χ2v) is 7.09. The fourth-order valence-corrected chi connectivity index (χ4v) is 3.55. The van der Waals surface area contributed by atoms with Gasteiger partial charge in [0.05, 0.1) is 17.7 Å². The summed E-state index contributed by atoms with van der Waals surface area (Å²) >= 11 is 0. The van der Waals surface area contributed by atoms with Crippen LogP contribution in [0.15, 0.2) is 48.8 Å². The lowest BCUT2D eigenvalue weighted by atomic mass is 9.97. The lowest BCUT2D eigenvalue weighted by Crippen LogP contribution is -2.44. The molecule has 2 aromatic heterocycles. The van der Waals surface area contributed by atoms with Crippen LogP contribution < -0.4 is 5.32 Å². The van der Waals surface area contributed by atoms with Crippen LogP contribution in [0.25, 0.3) is 11.0 Å². The van der Waals surface area contributed by atoms with Crippen LogP contribution in [0.1, 0.15) is 29.3 Å². The van der Waals surface area contributed by atoms with Crippen LogP contribution in [-0.4, -0.2) is 34.7 Å². The smallest absolute Gasteiger partial charge is 0.255 e. The van der Waals surface area contributed by atoms with Gasteiger partial charge < -0.3 is 14.6 Å². The van der Waals surface area contributed by atoms with Crippen molar-refractivity contribution in [1.82, 2.24) is 14.9 Å². The van der Waals surface area contributed by atoms with Gasteiger partial charge in [0.15, 0.2) is 0 Å². The average Bonchev–Trinajstić information content (AvgIpc) is 3.04. The van der Waals surface area contributed by atoms with E-state index in [0.29, 0.717) is 30.8 Å². The number of carbonyl (C=O) groups excluding carboxylic acids is 1. The highest BCUT2D eigenvalue weighted by molar-refractivity contribution is 6.05. The molecule has 1 aliphatic rings. The number of carbonyl (C=O) groups is 1. The number of hydrogen-bond acceptors (Lipinski definition) is 3. The molecular formula is C21H22FN3O2. The average molecular weight is 367 g/mol. The molecule has 1 saturated heterocycles. The number of hydrogen-bond donors (Lipinski definition) is 1. The van der Waals surface area contributed by atoms with E-state index in [0.717, 1.165) is 17.5 Å². The second-order valence-electron chi connectivity index (χ2n) is 7.09. The van der Waals surface area contributed by atoms with E-state index in [4.69, 9.17) is 4.74 Å². The van der Waals surface area contributed by atoms with Gasteiger partial charge in [0.2, 0.25) is 0 Å². The molecule has 3 heterocycles. The Labute approximate surface area is 157 Å². The van der Waals surface area contributed by atoms with Crippen LogP contribution in [0, 0.1) is 11.7 Å². The van der Waals surface area contributed by atoms with E-state index in [-0.39, 0.29) is 23.7 Å². The van der Waals surface area contributed by atoms with E-state index in [2.05, 4.69) is 17.2 Å². The van der Waals surface area contributed by atoms with Gasteiger partial charge in [0.25, 0.3) is 5.91 Å². The van der Waals surface area contributed by atoms with Crippen LogP contribution in [-0.2, 0) is 11.3 Å². The van der Waals surface area contributed by atoms with Gasteiger partial charge in [0, 0.05) is 31.6 Å². The fraction of sp³-hybridized carbons (Fsp3) is 0.333. The van der Waals surface area contributed by atoms with Crippen molar-refractivity contribution in [3.8, 4) is 0 Å². The summed E-state index contributed by atoms with van der Waals surface area (Å²) in [4.78, 5) is 17.4. The van der Waals surface area contributed by atoms with Crippen LogP contribution in [0.5, 0.6) is 0 Å². The zero-order valence-corrected chi connectivity index (χ0v) is 15.2. The minimum Gasteiger partial charge on any atom is -0.381 e. The van der Waals surface area contributed by atoms with Crippen molar-refractivity contribution in [2.75, 3.05) is 13.2 Å². The molecule has 1 unspecified atom stereocenters. The summed E-state index contributed by atoms with van der Waals surface area (Å²) in [7, 11) is 0. The molecule has 0 bridgehead atoms. The minimum absolute atomic E-state index is 0.102. The maximum absolute atomic E-state index is 13.2. The first-order valence-electron chi connectivity index (χ1n) is 9.19. The van der Waals surface area contributed by atoms with E-state index in [1.54, 1.807) is 18.3 Å². The molecule has 6 heteroatoms. The third kappa shape index (κ3) is 3.71. The first-order chi connectivity index (χ1) is 13.1. The number of aromatic nitrogens is 2. The lowest BCUT2D eigenvalue weighted by Gasteiger charge is -2.29. The zero-order chi connectivity index (χ0) is 18.8. The normalized spacial score (nSPS) is 19.9. The Hall–Kier alpha value is -2.73. The molecule has 1 N–H and O–H groups in total. The lowest BCUT2D eigenvalue weighted by molar-refractivity contribution is 0.0375. The summed E-state index contributed by atoms with van der Waals surface area (Å²) in [5.41, 5.74) is 3.08. The molecule has 0 spiro atoms. The van der Waals surface area contributed by atoms with Crippen molar-refractivity contribution >= 4 is 16.9 Å². The summed E-state index contributed by atoms with van der Waals surface area (Å²) in [6.07, 6.45) is 4.34.